The molecule has 0 saturated heterocycles. The number of aliphatic hydroxyl groups is 1. The second-order valence-corrected chi connectivity index (χ2v) is 4.14. The molecule has 1 heterocycles. The normalized spacial score (nSPS) is 15.9. The number of benzene rings is 1. The predicted molar refractivity (Wildman–Crippen MR) is 66.6 cm³/mol. The molecule has 0 unspecified atom stereocenters. The monoisotopic (exact) mass is 232 g/mol. The first-order valence-corrected chi connectivity index (χ1v) is 5.68. The number of hydrogen-bond donors (Lipinski definition) is 2. The first-order chi connectivity index (χ1) is 8.18. The molecule has 1 aliphatic rings. The molecule has 1 aromatic rings. The van der Waals surface area contributed by atoms with Gasteiger partial charge in [0.1, 0.15) is 11.5 Å². The summed E-state index contributed by atoms with van der Waals surface area (Å²) in [7, 11) is 1.81. The third-order valence-corrected chi connectivity index (χ3v) is 2.81. The van der Waals surface area contributed by atoms with Gasteiger partial charge in [-0.15, -0.1) is 0 Å². The topological polar surface area (TPSA) is 52.6 Å². The molecule has 0 radical (unpaired) electrons. The van der Waals surface area contributed by atoms with Crippen molar-refractivity contribution in [3.63, 3.8) is 0 Å². The fraction of sp³-hybridized carbons (Fsp3) is 0.308. The molecule has 1 aromatic carbocycles. The van der Waals surface area contributed by atoms with Crippen LogP contribution in [0.1, 0.15) is 12.8 Å². The molecule has 0 aromatic heterocycles. The molecule has 0 fully saturated rings. The molecule has 0 aliphatic carbocycles. The highest BCUT2D eigenvalue weighted by atomic mass is 16.3. The number of rotatable bonds is 2. The molecule has 0 bridgehead atoms. The van der Waals surface area contributed by atoms with Gasteiger partial charge in [-0.3, -0.25) is 4.79 Å². The van der Waals surface area contributed by atoms with Crippen molar-refractivity contribution in [3.05, 3.63) is 41.8 Å². The Labute approximate surface area is 101 Å². The number of nitrogens with zero attached hydrogens (tertiary/aromatic N) is 1. The van der Waals surface area contributed by atoms with Crippen molar-refractivity contribution < 1.29 is 9.90 Å². The highest BCUT2D eigenvalue weighted by Gasteiger charge is 2.23. The molecule has 2 rings (SSSR count). The van der Waals surface area contributed by atoms with Crippen LogP contribution in [0.2, 0.25) is 0 Å². The average molecular weight is 232 g/mol. The van der Waals surface area contributed by atoms with Crippen molar-refractivity contribution >= 4 is 11.6 Å². The maximum atomic E-state index is 12.0. The van der Waals surface area contributed by atoms with E-state index in [0.29, 0.717) is 12.1 Å². The maximum Gasteiger partial charge on any atom is 0.275 e. The Balaban J connectivity index is 2.15. The van der Waals surface area contributed by atoms with Gasteiger partial charge in [0.05, 0.1) is 0 Å². The second kappa shape index (κ2) is 4.91. The molecule has 17 heavy (non-hydrogen) atoms. The van der Waals surface area contributed by atoms with Gasteiger partial charge in [0, 0.05) is 25.7 Å². The first-order valence-electron chi connectivity index (χ1n) is 5.68. The lowest BCUT2D eigenvalue weighted by Crippen LogP contribution is -2.33. The molecule has 90 valence electrons. The summed E-state index contributed by atoms with van der Waals surface area (Å²) < 4.78 is 0. The van der Waals surface area contributed by atoms with Crippen LogP contribution in [0.15, 0.2) is 41.8 Å². The van der Waals surface area contributed by atoms with Crippen LogP contribution in [0.3, 0.4) is 0 Å². The van der Waals surface area contributed by atoms with Crippen molar-refractivity contribution in [2.75, 3.05) is 18.9 Å². The number of para-hydroxylation sites is 1. The second-order valence-electron chi connectivity index (χ2n) is 4.14. The summed E-state index contributed by atoms with van der Waals surface area (Å²) in [4.78, 5) is 13.8. The largest absolute Gasteiger partial charge is 0.510 e. The van der Waals surface area contributed by atoms with Crippen LogP contribution in [-0.4, -0.2) is 29.5 Å². The molecule has 0 saturated carbocycles. The van der Waals surface area contributed by atoms with Crippen molar-refractivity contribution in [2.45, 2.75) is 12.8 Å². The summed E-state index contributed by atoms with van der Waals surface area (Å²) in [5.41, 5.74) is 1.11. The Bertz CT molecular complexity index is 440. The number of hydrogen-bond acceptors (Lipinski definition) is 3. The van der Waals surface area contributed by atoms with E-state index >= 15 is 0 Å². The lowest BCUT2D eigenvalue weighted by Gasteiger charge is -2.27. The van der Waals surface area contributed by atoms with Crippen molar-refractivity contribution in [2.24, 2.45) is 0 Å². The van der Waals surface area contributed by atoms with E-state index in [0.717, 1.165) is 18.7 Å². The fourth-order valence-electron chi connectivity index (χ4n) is 1.95. The van der Waals surface area contributed by atoms with Gasteiger partial charge in [-0.2, -0.15) is 0 Å². The van der Waals surface area contributed by atoms with Gasteiger partial charge in [0.15, 0.2) is 0 Å². The number of allylic oxidation sites excluding steroid dienone is 1. The molecule has 0 spiro atoms. The van der Waals surface area contributed by atoms with E-state index < -0.39 is 0 Å². The van der Waals surface area contributed by atoms with E-state index in [1.807, 2.05) is 37.4 Å². The number of nitrogens with one attached hydrogen (secondary N) is 1. The zero-order chi connectivity index (χ0) is 12.3. The summed E-state index contributed by atoms with van der Waals surface area (Å²) in [6.45, 7) is 0.793. The number of carbonyl (C=O) groups is 1. The van der Waals surface area contributed by atoms with Crippen molar-refractivity contribution in [1.82, 2.24) is 4.90 Å². The third kappa shape index (κ3) is 2.58. The molecule has 1 aliphatic heterocycles. The van der Waals surface area contributed by atoms with Crippen LogP contribution in [0, 0.1) is 0 Å². The number of anilines is 1. The molecular formula is C13H16N2O2. The maximum absolute atomic E-state index is 12.0. The Kier molecular flexibility index (Phi) is 3.32. The van der Waals surface area contributed by atoms with Crippen molar-refractivity contribution in [1.29, 1.82) is 0 Å². The Morgan fingerprint density at radius 1 is 1.35 bits per heavy atom. The van der Waals surface area contributed by atoms with Crippen molar-refractivity contribution in [3.8, 4) is 0 Å². The quantitative estimate of drug-likeness (QED) is 0.821. The number of carbonyl (C=O) groups excluding carboxylic acids is 1. The zero-order valence-electron chi connectivity index (χ0n) is 9.81. The molecule has 1 amide bonds. The van der Waals surface area contributed by atoms with Gasteiger partial charge < -0.3 is 15.3 Å². The lowest BCUT2D eigenvalue weighted by molar-refractivity contribution is -0.114. The number of aliphatic hydroxyl groups excluding tert-OH is 1. The van der Waals surface area contributed by atoms with E-state index in [-0.39, 0.29) is 11.7 Å². The van der Waals surface area contributed by atoms with Gasteiger partial charge in [-0.05, 0) is 18.6 Å². The summed E-state index contributed by atoms with van der Waals surface area (Å²) >= 11 is 0. The summed E-state index contributed by atoms with van der Waals surface area (Å²) in [5.74, 6) is -0.0805. The molecule has 2 N–H and O–H groups in total. The third-order valence-electron chi connectivity index (χ3n) is 2.81. The van der Waals surface area contributed by atoms with Crippen LogP contribution < -0.4 is 5.32 Å². The highest BCUT2D eigenvalue weighted by molar-refractivity contribution is 6.03. The zero-order valence-corrected chi connectivity index (χ0v) is 9.81. The average Bonchev–Trinajstić information content (AvgIpc) is 2.30. The molecule has 0 atom stereocenters. The number of likely N-dealkylation sites (N-methyl/N-ethyl adjacent to an activating group) is 1. The van der Waals surface area contributed by atoms with E-state index in [2.05, 4.69) is 5.32 Å². The molecular weight excluding hydrogens is 216 g/mol. The Morgan fingerprint density at radius 3 is 2.71 bits per heavy atom. The van der Waals surface area contributed by atoms with Gasteiger partial charge in [-0.25, -0.2) is 0 Å². The Morgan fingerprint density at radius 2 is 2.06 bits per heavy atom. The highest BCUT2D eigenvalue weighted by Crippen LogP contribution is 2.20. The minimum absolute atomic E-state index is 0.173. The van der Waals surface area contributed by atoms with E-state index in [1.165, 1.54) is 0 Å². The van der Waals surface area contributed by atoms with Gasteiger partial charge in [-0.1, -0.05) is 18.2 Å². The van der Waals surface area contributed by atoms with Crippen LogP contribution in [0.5, 0.6) is 0 Å². The van der Waals surface area contributed by atoms with Crippen LogP contribution in [-0.2, 0) is 4.79 Å². The van der Waals surface area contributed by atoms with Gasteiger partial charge >= 0.3 is 0 Å². The van der Waals surface area contributed by atoms with Gasteiger partial charge in [0.2, 0.25) is 0 Å². The fourth-order valence-corrected chi connectivity index (χ4v) is 1.95. The smallest absolute Gasteiger partial charge is 0.275 e. The van der Waals surface area contributed by atoms with E-state index in [9.17, 15) is 9.90 Å². The van der Waals surface area contributed by atoms with Gasteiger partial charge in [0.25, 0.3) is 5.91 Å². The standard InChI is InChI=1S/C13H16N2O2/c1-15-9-5-8-11(16)12(15)13(17)14-10-6-3-2-4-7-10/h2-4,6-7,16H,5,8-9H2,1H3,(H,14,17). The van der Waals surface area contributed by atoms with E-state index in [1.54, 1.807) is 4.90 Å². The molecule has 4 heteroatoms. The van der Waals surface area contributed by atoms with E-state index in [4.69, 9.17) is 0 Å². The minimum atomic E-state index is -0.254. The predicted octanol–water partition coefficient (Wildman–Crippen LogP) is 2.12. The van der Waals surface area contributed by atoms with Crippen LogP contribution in [0.25, 0.3) is 0 Å². The number of amides is 1. The summed E-state index contributed by atoms with van der Waals surface area (Å²) in [6, 6.07) is 9.23. The summed E-state index contributed by atoms with van der Waals surface area (Å²) in [5, 5.41) is 12.5. The SMILES string of the molecule is CN1CCCC(O)=C1C(=O)Nc1ccccc1. The molecule has 4 nitrogen and oxygen atoms in total. The summed E-state index contributed by atoms with van der Waals surface area (Å²) in [6.07, 6.45) is 1.45. The Hall–Kier alpha value is -1.97. The van der Waals surface area contributed by atoms with Crippen LogP contribution >= 0.6 is 0 Å². The first kappa shape index (κ1) is 11.5. The van der Waals surface area contributed by atoms with Crippen LogP contribution in [0.4, 0.5) is 5.69 Å². The minimum Gasteiger partial charge on any atom is -0.510 e. The lowest BCUT2D eigenvalue weighted by atomic mass is 10.1.